The summed E-state index contributed by atoms with van der Waals surface area (Å²) in [5, 5.41) is -0.0669. The van der Waals surface area contributed by atoms with Crippen LogP contribution in [0.25, 0.3) is 0 Å². The van der Waals surface area contributed by atoms with Crippen molar-refractivity contribution in [3.05, 3.63) is 71.8 Å². The number of carbonyl (C=O) groups is 2. The summed E-state index contributed by atoms with van der Waals surface area (Å²) in [6.45, 7) is 0.224. The van der Waals surface area contributed by atoms with Crippen LogP contribution in [0.15, 0.2) is 60.7 Å². The number of benzene rings is 2. The van der Waals surface area contributed by atoms with E-state index in [1.54, 1.807) is 11.8 Å². The quantitative estimate of drug-likeness (QED) is 0.810. The zero-order chi connectivity index (χ0) is 15.8. The molecule has 0 spiro atoms. The summed E-state index contributed by atoms with van der Waals surface area (Å²) >= 11 is 1.58. The van der Waals surface area contributed by atoms with Gasteiger partial charge in [0.2, 0.25) is 5.91 Å². The van der Waals surface area contributed by atoms with Gasteiger partial charge >= 0.3 is 6.09 Å². The molecule has 2 aromatic rings. The predicted molar refractivity (Wildman–Crippen MR) is 87.9 cm³/mol. The number of cyclic esters (lactones) is 1. The molecule has 0 saturated carbocycles. The molecule has 0 bridgehead atoms. The van der Waals surface area contributed by atoms with Gasteiger partial charge in [0.1, 0.15) is 17.9 Å². The van der Waals surface area contributed by atoms with Crippen LogP contribution in [0.3, 0.4) is 0 Å². The maximum atomic E-state index is 12.8. The maximum Gasteiger partial charge on any atom is 0.417 e. The van der Waals surface area contributed by atoms with Crippen molar-refractivity contribution in [2.75, 3.05) is 6.61 Å². The molecule has 0 aromatic heterocycles. The highest BCUT2D eigenvalue weighted by molar-refractivity contribution is 8.08. The maximum absolute atomic E-state index is 12.8. The Labute approximate surface area is 138 Å². The molecule has 0 N–H and O–H groups in total. The third kappa shape index (κ3) is 2.61. The molecular formula is C18H15NO3S. The van der Waals surface area contributed by atoms with E-state index in [4.69, 9.17) is 4.74 Å². The number of thioether (sulfide) groups is 1. The Bertz CT molecular complexity index is 734. The molecule has 2 aliphatic heterocycles. The molecule has 2 saturated heterocycles. The van der Waals surface area contributed by atoms with E-state index in [0.717, 1.165) is 11.1 Å². The van der Waals surface area contributed by atoms with Crippen molar-refractivity contribution in [1.82, 2.24) is 4.90 Å². The molecule has 116 valence electrons. The van der Waals surface area contributed by atoms with Gasteiger partial charge in [-0.05, 0) is 11.1 Å². The highest BCUT2D eigenvalue weighted by atomic mass is 32.2. The Kier molecular flexibility index (Phi) is 3.58. The molecule has 4 nitrogen and oxygen atoms in total. The average molecular weight is 325 g/mol. The summed E-state index contributed by atoms with van der Waals surface area (Å²) < 4.78 is 5.13. The summed E-state index contributed by atoms with van der Waals surface area (Å²) in [4.78, 5) is 26.1. The van der Waals surface area contributed by atoms with Gasteiger partial charge in [-0.25, -0.2) is 9.69 Å². The van der Waals surface area contributed by atoms with Crippen LogP contribution in [0.2, 0.25) is 0 Å². The molecule has 2 fully saturated rings. The zero-order valence-electron chi connectivity index (χ0n) is 12.3. The van der Waals surface area contributed by atoms with Gasteiger partial charge in [0.25, 0.3) is 0 Å². The van der Waals surface area contributed by atoms with Crippen LogP contribution < -0.4 is 0 Å². The molecule has 0 unspecified atom stereocenters. The van der Waals surface area contributed by atoms with Crippen molar-refractivity contribution < 1.29 is 14.3 Å². The average Bonchev–Trinajstić information content (AvgIpc) is 3.32. The fraction of sp³-hybridized carbons (Fsp3) is 0.222. The fourth-order valence-electron chi connectivity index (χ4n) is 2.92. The summed E-state index contributed by atoms with van der Waals surface area (Å²) in [7, 11) is 0. The molecule has 2 amide bonds. The van der Waals surface area contributed by atoms with Crippen molar-refractivity contribution in [3.8, 4) is 0 Å². The van der Waals surface area contributed by atoms with Crippen molar-refractivity contribution >= 4 is 23.8 Å². The predicted octanol–water partition coefficient (Wildman–Crippen LogP) is 3.56. The smallest absolute Gasteiger partial charge is 0.417 e. The van der Waals surface area contributed by atoms with Crippen molar-refractivity contribution in [2.24, 2.45) is 0 Å². The number of rotatable bonds is 3. The fourth-order valence-corrected chi connectivity index (χ4v) is 3.96. The van der Waals surface area contributed by atoms with E-state index in [0.29, 0.717) is 0 Å². The van der Waals surface area contributed by atoms with Crippen LogP contribution in [0.1, 0.15) is 22.4 Å². The van der Waals surface area contributed by atoms with E-state index < -0.39 is 6.09 Å². The second-order valence-corrected chi connectivity index (χ2v) is 6.89. The minimum Gasteiger partial charge on any atom is -0.446 e. The Morgan fingerprint density at radius 2 is 1.61 bits per heavy atom. The Balaban J connectivity index is 1.54. The highest BCUT2D eigenvalue weighted by Gasteiger charge is 2.51. The minimum absolute atomic E-state index is 0.133. The largest absolute Gasteiger partial charge is 0.446 e. The second kappa shape index (κ2) is 5.74. The van der Waals surface area contributed by atoms with Gasteiger partial charge in [0.05, 0.1) is 5.25 Å². The first-order chi connectivity index (χ1) is 11.3. The Hall–Kier alpha value is -2.27. The third-order valence-corrected chi connectivity index (χ3v) is 5.45. The molecule has 0 radical (unpaired) electrons. The van der Waals surface area contributed by atoms with Gasteiger partial charge in [0, 0.05) is 0 Å². The zero-order valence-corrected chi connectivity index (χ0v) is 13.1. The number of ether oxygens (including phenoxy) is 1. The van der Waals surface area contributed by atoms with Gasteiger partial charge in [0.15, 0.2) is 0 Å². The lowest BCUT2D eigenvalue weighted by atomic mass is 10.1. The first kappa shape index (κ1) is 14.3. The van der Waals surface area contributed by atoms with Crippen LogP contribution in [-0.2, 0) is 9.53 Å². The molecule has 5 heteroatoms. The van der Waals surface area contributed by atoms with E-state index in [9.17, 15) is 9.59 Å². The van der Waals surface area contributed by atoms with Gasteiger partial charge in [-0.3, -0.25) is 4.79 Å². The van der Waals surface area contributed by atoms with Crippen molar-refractivity contribution in [2.45, 2.75) is 16.5 Å². The molecule has 23 heavy (non-hydrogen) atoms. The normalized spacial score (nSPS) is 26.0. The van der Waals surface area contributed by atoms with E-state index >= 15 is 0 Å². The highest BCUT2D eigenvalue weighted by Crippen LogP contribution is 2.56. The van der Waals surface area contributed by atoms with Gasteiger partial charge in [-0.15, -0.1) is 11.8 Å². The number of hydrogen-bond acceptors (Lipinski definition) is 4. The van der Waals surface area contributed by atoms with Gasteiger partial charge < -0.3 is 4.74 Å². The first-order valence-electron chi connectivity index (χ1n) is 7.51. The Morgan fingerprint density at radius 1 is 1.00 bits per heavy atom. The summed E-state index contributed by atoms with van der Waals surface area (Å²) in [5.41, 5.74) is 2.05. The summed E-state index contributed by atoms with van der Waals surface area (Å²) in [6, 6.07) is 19.1. The van der Waals surface area contributed by atoms with Crippen LogP contribution in [0, 0.1) is 0 Å². The monoisotopic (exact) mass is 325 g/mol. The molecule has 2 aromatic carbocycles. The van der Waals surface area contributed by atoms with Crippen LogP contribution >= 0.6 is 11.8 Å². The standard InChI is InChI=1S/C18H15NO3S/c20-17(16-15(23-16)13-9-5-2-6-10-13)19-14(11-22-18(19)21)12-7-3-1-4-8-12/h1-10,14-16H,11H2/t14-,15-,16-/m1/s1. The van der Waals surface area contributed by atoms with Gasteiger partial charge in [-0.2, -0.15) is 0 Å². The molecule has 3 atom stereocenters. The number of imide groups is 1. The minimum atomic E-state index is -0.539. The van der Waals surface area contributed by atoms with Crippen molar-refractivity contribution in [3.63, 3.8) is 0 Å². The van der Waals surface area contributed by atoms with Crippen LogP contribution in [-0.4, -0.2) is 28.8 Å². The van der Waals surface area contributed by atoms with Gasteiger partial charge in [-0.1, -0.05) is 60.7 Å². The lowest BCUT2D eigenvalue weighted by molar-refractivity contribution is -0.128. The number of hydrogen-bond donors (Lipinski definition) is 0. The molecular weight excluding hydrogens is 310 g/mol. The Morgan fingerprint density at radius 3 is 2.26 bits per heavy atom. The number of nitrogens with zero attached hydrogens (tertiary/aromatic N) is 1. The summed E-state index contributed by atoms with van der Waals surface area (Å²) in [6.07, 6.45) is -0.539. The molecule has 4 rings (SSSR count). The van der Waals surface area contributed by atoms with E-state index in [1.165, 1.54) is 4.90 Å². The topological polar surface area (TPSA) is 46.6 Å². The summed E-state index contributed by atoms with van der Waals surface area (Å²) in [5.74, 6) is -0.153. The first-order valence-corrected chi connectivity index (χ1v) is 8.45. The van der Waals surface area contributed by atoms with E-state index in [-0.39, 0.29) is 29.1 Å². The molecule has 2 aliphatic rings. The van der Waals surface area contributed by atoms with E-state index in [1.807, 2.05) is 60.7 Å². The lowest BCUT2D eigenvalue weighted by Gasteiger charge is -2.19. The van der Waals surface area contributed by atoms with Crippen LogP contribution in [0.4, 0.5) is 4.79 Å². The lowest BCUT2D eigenvalue weighted by Crippen LogP contribution is -2.37. The number of amides is 2. The van der Waals surface area contributed by atoms with Crippen molar-refractivity contribution in [1.29, 1.82) is 0 Å². The molecule has 2 heterocycles. The van der Waals surface area contributed by atoms with E-state index in [2.05, 4.69) is 0 Å². The van der Waals surface area contributed by atoms with Crippen LogP contribution in [0.5, 0.6) is 0 Å². The SMILES string of the molecule is O=C1OC[C@H](c2ccccc2)N1C(=O)[C@@H]1S[C@@H]1c1ccccc1. The molecule has 0 aliphatic carbocycles. The number of carbonyl (C=O) groups excluding carboxylic acids is 2. The second-order valence-electron chi connectivity index (χ2n) is 5.60. The third-order valence-electron chi connectivity index (χ3n) is 4.16.